The van der Waals surface area contributed by atoms with E-state index >= 15 is 0 Å². The second kappa shape index (κ2) is 7.77. The predicted octanol–water partition coefficient (Wildman–Crippen LogP) is 5.08. The zero-order chi connectivity index (χ0) is 20.7. The van der Waals surface area contributed by atoms with Crippen molar-refractivity contribution in [2.75, 3.05) is 0 Å². The minimum absolute atomic E-state index is 0.351. The van der Waals surface area contributed by atoms with E-state index in [0.717, 1.165) is 42.6 Å². The second-order valence-corrected chi connectivity index (χ2v) is 8.75. The van der Waals surface area contributed by atoms with Crippen molar-refractivity contribution < 1.29 is 0 Å². The van der Waals surface area contributed by atoms with Crippen LogP contribution in [0.2, 0.25) is 0 Å². The number of nitrogens with zero attached hydrogens (tertiary/aromatic N) is 3. The van der Waals surface area contributed by atoms with Crippen LogP contribution in [0.4, 0.5) is 0 Å². The quantitative estimate of drug-likeness (QED) is 0.735. The predicted molar refractivity (Wildman–Crippen MR) is 122 cm³/mol. The molecule has 5 nitrogen and oxygen atoms in total. The second-order valence-electron chi connectivity index (χ2n) is 8.75. The molecular weight excluding hydrogens is 358 g/mol. The largest absolute Gasteiger partial charge is 0.306 e. The van der Waals surface area contributed by atoms with Gasteiger partial charge in [0.15, 0.2) is 0 Å². The highest BCUT2D eigenvalue weighted by atomic mass is 15.3. The third-order valence-corrected chi connectivity index (χ3v) is 6.91. The van der Waals surface area contributed by atoms with Gasteiger partial charge in [-0.2, -0.15) is 10.2 Å². The van der Waals surface area contributed by atoms with Gasteiger partial charge in [0, 0.05) is 28.8 Å². The lowest BCUT2D eigenvalue weighted by Gasteiger charge is -2.42. The molecule has 1 aromatic rings. The SMILES string of the molecule is C=Cc1n[nH]c(C)c1/C=C(\C)C1=NC2CCC3NN=C(C)C3C2C(C)=C1CCC. The number of hydrazone groups is 1. The molecule has 4 rings (SSSR count). The van der Waals surface area contributed by atoms with E-state index in [9.17, 15) is 0 Å². The molecule has 0 amide bonds. The van der Waals surface area contributed by atoms with E-state index < -0.39 is 0 Å². The highest BCUT2D eigenvalue weighted by Gasteiger charge is 2.46. The Morgan fingerprint density at radius 3 is 2.72 bits per heavy atom. The van der Waals surface area contributed by atoms with Crippen molar-refractivity contribution in [2.45, 2.75) is 72.4 Å². The van der Waals surface area contributed by atoms with Crippen LogP contribution in [0.5, 0.6) is 0 Å². The van der Waals surface area contributed by atoms with Crippen molar-refractivity contribution in [3.63, 3.8) is 0 Å². The van der Waals surface area contributed by atoms with E-state index in [1.165, 1.54) is 28.1 Å². The summed E-state index contributed by atoms with van der Waals surface area (Å²) < 4.78 is 0. The van der Waals surface area contributed by atoms with E-state index in [-0.39, 0.29) is 0 Å². The number of nitrogens with one attached hydrogen (secondary N) is 2. The van der Waals surface area contributed by atoms with Gasteiger partial charge in [-0.15, -0.1) is 0 Å². The summed E-state index contributed by atoms with van der Waals surface area (Å²) in [4.78, 5) is 5.37. The van der Waals surface area contributed by atoms with Gasteiger partial charge in [0.1, 0.15) is 0 Å². The van der Waals surface area contributed by atoms with Gasteiger partial charge in [0.25, 0.3) is 0 Å². The summed E-state index contributed by atoms with van der Waals surface area (Å²) in [7, 11) is 0. The molecule has 3 heterocycles. The van der Waals surface area contributed by atoms with Gasteiger partial charge in [0.2, 0.25) is 0 Å². The lowest BCUT2D eigenvalue weighted by molar-refractivity contribution is 0.247. The molecule has 1 aliphatic carbocycles. The van der Waals surface area contributed by atoms with Crippen molar-refractivity contribution in [1.29, 1.82) is 0 Å². The Hall–Kier alpha value is -2.43. The number of hydrogen-bond donors (Lipinski definition) is 2. The molecule has 0 aromatic carbocycles. The van der Waals surface area contributed by atoms with E-state index in [4.69, 9.17) is 4.99 Å². The van der Waals surface area contributed by atoms with E-state index in [0.29, 0.717) is 23.9 Å². The Morgan fingerprint density at radius 1 is 1.21 bits per heavy atom. The van der Waals surface area contributed by atoms with Crippen LogP contribution < -0.4 is 5.43 Å². The molecule has 1 fully saturated rings. The molecule has 154 valence electrons. The number of aromatic nitrogens is 2. The summed E-state index contributed by atoms with van der Waals surface area (Å²) in [5, 5.41) is 12.0. The van der Waals surface area contributed by atoms with Crippen molar-refractivity contribution in [1.82, 2.24) is 15.6 Å². The maximum absolute atomic E-state index is 5.37. The normalized spacial score (nSPS) is 29.1. The molecule has 1 saturated carbocycles. The number of allylic oxidation sites excluding steroid dienone is 2. The highest BCUT2D eigenvalue weighted by Crippen LogP contribution is 2.44. The maximum atomic E-state index is 5.37. The molecular formula is C24H33N5. The van der Waals surface area contributed by atoms with Crippen molar-refractivity contribution in [2.24, 2.45) is 21.9 Å². The first-order chi connectivity index (χ1) is 14.0. The van der Waals surface area contributed by atoms with Crippen LogP contribution in [-0.4, -0.2) is 33.7 Å². The number of hydrogen-bond acceptors (Lipinski definition) is 4. The van der Waals surface area contributed by atoms with Crippen molar-refractivity contribution in [3.8, 4) is 0 Å². The highest BCUT2D eigenvalue weighted by molar-refractivity contribution is 6.15. The number of aryl methyl sites for hydroxylation is 1. The molecule has 4 unspecified atom stereocenters. The third kappa shape index (κ3) is 3.30. The number of H-pyrrole nitrogens is 1. The fraction of sp³-hybridized carbons (Fsp3) is 0.542. The molecule has 0 spiro atoms. The molecule has 5 heteroatoms. The van der Waals surface area contributed by atoms with E-state index in [1.807, 2.05) is 6.08 Å². The summed E-state index contributed by atoms with van der Waals surface area (Å²) in [6.45, 7) is 14.9. The summed E-state index contributed by atoms with van der Waals surface area (Å²) in [5.41, 5.74) is 13.1. The Kier molecular flexibility index (Phi) is 5.32. The lowest BCUT2D eigenvalue weighted by Crippen LogP contribution is -2.47. The van der Waals surface area contributed by atoms with Gasteiger partial charge < -0.3 is 5.43 Å². The molecule has 2 aliphatic heterocycles. The van der Waals surface area contributed by atoms with Crippen molar-refractivity contribution >= 4 is 23.6 Å². The molecule has 1 aromatic heterocycles. The standard InChI is InChI=1S/C24H33N5/c1-7-9-17-14(4)22-20(10-11-21-23(22)16(6)27-29-21)25-24(17)13(3)12-18-15(5)26-28-19(18)8-2/h8,12,20-23,29H,2,7,9-11H2,1,3-6H3,(H,26,28)/b13-12+. The molecule has 2 N–H and O–H groups in total. The Morgan fingerprint density at radius 2 is 2.00 bits per heavy atom. The molecule has 0 saturated heterocycles. The van der Waals surface area contributed by atoms with Crippen LogP contribution in [0.1, 0.15) is 70.3 Å². The van der Waals surface area contributed by atoms with Gasteiger partial charge in [-0.1, -0.05) is 25.5 Å². The Labute approximate surface area is 174 Å². The number of aliphatic imine (C=N–C) groups is 1. The first kappa shape index (κ1) is 19.9. The van der Waals surface area contributed by atoms with Crippen LogP contribution >= 0.6 is 0 Å². The number of dihydropyridines is 1. The fourth-order valence-electron chi connectivity index (χ4n) is 5.47. The van der Waals surface area contributed by atoms with Gasteiger partial charge in [-0.05, 0) is 70.3 Å². The minimum atomic E-state index is 0.351. The minimum Gasteiger partial charge on any atom is -0.306 e. The van der Waals surface area contributed by atoms with Crippen molar-refractivity contribution in [3.05, 3.63) is 40.2 Å². The Balaban J connectivity index is 1.76. The molecule has 0 radical (unpaired) electrons. The number of rotatable bonds is 5. The van der Waals surface area contributed by atoms with Gasteiger partial charge in [0.05, 0.1) is 23.5 Å². The summed E-state index contributed by atoms with van der Waals surface area (Å²) in [5.74, 6) is 0.962. The smallest absolute Gasteiger partial charge is 0.0917 e. The van der Waals surface area contributed by atoms with E-state index in [2.05, 4.69) is 68.0 Å². The molecule has 4 atom stereocenters. The van der Waals surface area contributed by atoms with Crippen LogP contribution in [-0.2, 0) is 0 Å². The topological polar surface area (TPSA) is 65.4 Å². The molecule has 0 bridgehead atoms. The van der Waals surface area contributed by atoms with Crippen LogP contribution in [0.15, 0.2) is 33.4 Å². The van der Waals surface area contributed by atoms with Gasteiger partial charge in [-0.25, -0.2) is 0 Å². The lowest BCUT2D eigenvalue weighted by atomic mass is 9.66. The zero-order valence-corrected chi connectivity index (χ0v) is 18.3. The van der Waals surface area contributed by atoms with Crippen LogP contribution in [0.3, 0.4) is 0 Å². The number of aromatic amines is 1. The third-order valence-electron chi connectivity index (χ3n) is 6.91. The average Bonchev–Trinajstić information content (AvgIpc) is 3.26. The summed E-state index contributed by atoms with van der Waals surface area (Å²) >= 11 is 0. The average molecular weight is 392 g/mol. The fourth-order valence-corrected chi connectivity index (χ4v) is 5.47. The first-order valence-electron chi connectivity index (χ1n) is 10.9. The van der Waals surface area contributed by atoms with Gasteiger partial charge in [-0.3, -0.25) is 10.1 Å². The van der Waals surface area contributed by atoms with Crippen LogP contribution in [0, 0.1) is 18.8 Å². The maximum Gasteiger partial charge on any atom is 0.0917 e. The van der Waals surface area contributed by atoms with E-state index in [1.54, 1.807) is 0 Å². The summed E-state index contributed by atoms with van der Waals surface area (Å²) in [6, 6.07) is 0.829. The Bertz CT molecular complexity index is 942. The van der Waals surface area contributed by atoms with Crippen LogP contribution in [0.25, 0.3) is 12.2 Å². The zero-order valence-electron chi connectivity index (χ0n) is 18.3. The first-order valence-corrected chi connectivity index (χ1v) is 10.9. The monoisotopic (exact) mass is 391 g/mol. The molecule has 3 aliphatic rings. The summed E-state index contributed by atoms with van der Waals surface area (Å²) in [6.07, 6.45) is 8.50. The number of fused-ring (bicyclic) bond motifs is 3. The molecule has 29 heavy (non-hydrogen) atoms. The van der Waals surface area contributed by atoms with Gasteiger partial charge >= 0.3 is 0 Å².